The first-order valence-corrected chi connectivity index (χ1v) is 7.71. The number of ketones is 1. The molecule has 0 amide bonds. The summed E-state index contributed by atoms with van der Waals surface area (Å²) in [6.45, 7) is 3.21. The molecule has 1 heterocycles. The molecule has 0 aliphatic heterocycles. The SMILES string of the molecule is CC(=O)c1ccc2ccc(/C=C/c3cc(O)c(O)cc3C)nc2c1O. The van der Waals surface area contributed by atoms with Crippen molar-refractivity contribution in [3.8, 4) is 17.2 Å². The standard InChI is InChI=1S/C20H17NO4/c1-11-9-17(23)18(24)10-14(11)4-7-15-6-3-13-5-8-16(12(2)22)20(25)19(13)21-15/h3-10,23-25H,1-2H3/b7-4+. The average Bonchev–Trinajstić information content (AvgIpc) is 2.57. The first-order chi connectivity index (χ1) is 11.9. The monoisotopic (exact) mass is 335 g/mol. The third-order valence-electron chi connectivity index (χ3n) is 4.03. The molecular weight excluding hydrogens is 318 g/mol. The molecular formula is C20H17NO4. The van der Waals surface area contributed by atoms with Crippen molar-refractivity contribution in [2.75, 3.05) is 0 Å². The molecule has 0 aliphatic rings. The Morgan fingerprint density at radius 2 is 1.68 bits per heavy atom. The lowest BCUT2D eigenvalue weighted by atomic mass is 10.1. The van der Waals surface area contributed by atoms with Gasteiger partial charge in [-0.2, -0.15) is 0 Å². The van der Waals surface area contributed by atoms with E-state index in [4.69, 9.17) is 0 Å². The number of aromatic nitrogens is 1. The number of phenolic OH excluding ortho intramolecular Hbond substituents is 3. The van der Waals surface area contributed by atoms with Crippen LogP contribution in [-0.2, 0) is 0 Å². The van der Waals surface area contributed by atoms with Crippen LogP contribution in [0.15, 0.2) is 36.4 Å². The number of phenols is 3. The Labute approximate surface area is 144 Å². The lowest BCUT2D eigenvalue weighted by molar-refractivity contribution is 0.101. The maximum absolute atomic E-state index is 11.6. The summed E-state index contributed by atoms with van der Waals surface area (Å²) in [6, 6.07) is 9.88. The highest BCUT2D eigenvalue weighted by Crippen LogP contribution is 2.30. The van der Waals surface area contributed by atoms with E-state index in [-0.39, 0.29) is 28.6 Å². The molecule has 5 nitrogen and oxygen atoms in total. The van der Waals surface area contributed by atoms with E-state index in [0.717, 1.165) is 16.5 Å². The highest BCUT2D eigenvalue weighted by atomic mass is 16.3. The highest BCUT2D eigenvalue weighted by Gasteiger charge is 2.11. The van der Waals surface area contributed by atoms with Gasteiger partial charge in [0.2, 0.25) is 0 Å². The molecule has 2 aromatic carbocycles. The lowest BCUT2D eigenvalue weighted by Gasteiger charge is -2.06. The minimum Gasteiger partial charge on any atom is -0.505 e. The van der Waals surface area contributed by atoms with Gasteiger partial charge in [-0.25, -0.2) is 4.98 Å². The normalized spacial score (nSPS) is 11.3. The van der Waals surface area contributed by atoms with Crippen molar-refractivity contribution in [2.24, 2.45) is 0 Å². The number of benzene rings is 2. The molecule has 0 fully saturated rings. The summed E-state index contributed by atoms with van der Waals surface area (Å²) in [5, 5.41) is 30.1. The highest BCUT2D eigenvalue weighted by molar-refractivity contribution is 6.02. The van der Waals surface area contributed by atoms with Crippen LogP contribution in [-0.4, -0.2) is 26.1 Å². The molecule has 0 aliphatic carbocycles. The number of rotatable bonds is 3. The molecule has 0 bridgehead atoms. The second-order valence-corrected chi connectivity index (χ2v) is 5.86. The predicted molar refractivity (Wildman–Crippen MR) is 96.8 cm³/mol. The molecule has 25 heavy (non-hydrogen) atoms. The topological polar surface area (TPSA) is 90.7 Å². The van der Waals surface area contributed by atoms with E-state index < -0.39 is 0 Å². The molecule has 3 rings (SSSR count). The van der Waals surface area contributed by atoms with E-state index in [1.807, 2.05) is 13.0 Å². The fourth-order valence-electron chi connectivity index (χ4n) is 2.62. The number of aromatic hydroxyl groups is 3. The third-order valence-corrected chi connectivity index (χ3v) is 4.03. The van der Waals surface area contributed by atoms with E-state index >= 15 is 0 Å². The molecule has 0 atom stereocenters. The van der Waals surface area contributed by atoms with Gasteiger partial charge < -0.3 is 15.3 Å². The Morgan fingerprint density at radius 3 is 2.40 bits per heavy atom. The number of nitrogens with zero attached hydrogens (tertiary/aromatic N) is 1. The number of Topliss-reactive ketones (excluding diaryl/α,β-unsaturated/α-hetero) is 1. The van der Waals surface area contributed by atoms with Crippen molar-refractivity contribution < 1.29 is 20.1 Å². The zero-order valence-electron chi connectivity index (χ0n) is 13.8. The molecule has 5 heteroatoms. The molecule has 0 spiro atoms. The van der Waals surface area contributed by atoms with Gasteiger partial charge in [-0.1, -0.05) is 18.2 Å². The van der Waals surface area contributed by atoms with Crippen LogP contribution in [0.5, 0.6) is 17.2 Å². The summed E-state index contributed by atoms with van der Waals surface area (Å²) in [6.07, 6.45) is 3.49. The zero-order valence-corrected chi connectivity index (χ0v) is 13.8. The van der Waals surface area contributed by atoms with Crippen LogP contribution < -0.4 is 0 Å². The van der Waals surface area contributed by atoms with Crippen LogP contribution in [0.1, 0.15) is 34.1 Å². The minimum absolute atomic E-state index is 0.126. The first-order valence-electron chi connectivity index (χ1n) is 7.71. The Morgan fingerprint density at radius 1 is 1.00 bits per heavy atom. The van der Waals surface area contributed by atoms with Crippen LogP contribution in [0, 0.1) is 6.92 Å². The second kappa shape index (κ2) is 6.28. The Hall–Kier alpha value is -3.34. The van der Waals surface area contributed by atoms with Crippen LogP contribution in [0.25, 0.3) is 23.1 Å². The second-order valence-electron chi connectivity index (χ2n) is 5.86. The molecule has 0 unspecified atom stereocenters. The van der Waals surface area contributed by atoms with Crippen molar-refractivity contribution >= 4 is 28.8 Å². The quantitative estimate of drug-likeness (QED) is 0.496. The fraction of sp³-hybridized carbons (Fsp3) is 0.100. The fourth-order valence-corrected chi connectivity index (χ4v) is 2.62. The van der Waals surface area contributed by atoms with Crippen molar-refractivity contribution in [1.82, 2.24) is 4.98 Å². The smallest absolute Gasteiger partial charge is 0.163 e. The zero-order chi connectivity index (χ0) is 18.1. The molecule has 1 aromatic heterocycles. The van der Waals surface area contributed by atoms with Gasteiger partial charge in [-0.3, -0.25) is 4.79 Å². The number of fused-ring (bicyclic) bond motifs is 1. The molecule has 0 saturated heterocycles. The van der Waals surface area contributed by atoms with E-state index in [2.05, 4.69) is 4.98 Å². The summed E-state index contributed by atoms with van der Waals surface area (Å²) in [7, 11) is 0. The summed E-state index contributed by atoms with van der Waals surface area (Å²) in [5.74, 6) is -0.711. The number of pyridine rings is 1. The summed E-state index contributed by atoms with van der Waals surface area (Å²) >= 11 is 0. The van der Waals surface area contributed by atoms with Crippen LogP contribution in [0.3, 0.4) is 0 Å². The van der Waals surface area contributed by atoms with Gasteiger partial charge in [0.05, 0.1) is 11.3 Å². The number of aryl methyl sites for hydroxylation is 1. The van der Waals surface area contributed by atoms with Crippen molar-refractivity contribution in [3.05, 3.63) is 58.8 Å². The maximum atomic E-state index is 11.6. The molecule has 3 N–H and O–H groups in total. The van der Waals surface area contributed by atoms with Crippen molar-refractivity contribution in [1.29, 1.82) is 0 Å². The Kier molecular flexibility index (Phi) is 4.15. The average molecular weight is 335 g/mol. The summed E-state index contributed by atoms with van der Waals surface area (Å²) in [4.78, 5) is 16.0. The number of carbonyl (C=O) groups is 1. The van der Waals surface area contributed by atoms with Crippen molar-refractivity contribution in [3.63, 3.8) is 0 Å². The van der Waals surface area contributed by atoms with E-state index in [1.54, 1.807) is 30.4 Å². The number of hydrogen-bond donors (Lipinski definition) is 3. The largest absolute Gasteiger partial charge is 0.505 e. The number of hydrogen-bond acceptors (Lipinski definition) is 5. The molecule has 126 valence electrons. The maximum Gasteiger partial charge on any atom is 0.163 e. The van der Waals surface area contributed by atoms with Gasteiger partial charge in [0, 0.05) is 5.39 Å². The van der Waals surface area contributed by atoms with Gasteiger partial charge >= 0.3 is 0 Å². The summed E-state index contributed by atoms with van der Waals surface area (Å²) < 4.78 is 0. The molecule has 0 radical (unpaired) electrons. The Balaban J connectivity index is 2.03. The van der Waals surface area contributed by atoms with Crippen LogP contribution >= 0.6 is 0 Å². The van der Waals surface area contributed by atoms with Gasteiger partial charge in [0.25, 0.3) is 0 Å². The third kappa shape index (κ3) is 3.17. The van der Waals surface area contributed by atoms with Gasteiger partial charge in [-0.15, -0.1) is 0 Å². The molecule has 0 saturated carbocycles. The number of carbonyl (C=O) groups excluding carboxylic acids is 1. The van der Waals surface area contributed by atoms with Gasteiger partial charge in [0.15, 0.2) is 23.0 Å². The van der Waals surface area contributed by atoms with Crippen LogP contribution in [0.2, 0.25) is 0 Å². The molecule has 3 aromatic rings. The minimum atomic E-state index is -0.225. The summed E-state index contributed by atoms with van der Waals surface area (Å²) in [5.41, 5.74) is 2.73. The first kappa shape index (κ1) is 16.5. The lowest BCUT2D eigenvalue weighted by Crippen LogP contribution is -1.94. The van der Waals surface area contributed by atoms with Gasteiger partial charge in [-0.05, 0) is 55.3 Å². The van der Waals surface area contributed by atoms with E-state index in [9.17, 15) is 20.1 Å². The van der Waals surface area contributed by atoms with E-state index in [0.29, 0.717) is 11.2 Å². The Bertz CT molecular complexity index is 1020. The van der Waals surface area contributed by atoms with Crippen molar-refractivity contribution in [2.45, 2.75) is 13.8 Å². The predicted octanol–water partition coefficient (Wildman–Crippen LogP) is 4.03. The van der Waals surface area contributed by atoms with E-state index in [1.165, 1.54) is 19.1 Å². The van der Waals surface area contributed by atoms with Gasteiger partial charge in [0.1, 0.15) is 5.52 Å². The van der Waals surface area contributed by atoms with Crippen LogP contribution in [0.4, 0.5) is 0 Å².